The summed E-state index contributed by atoms with van der Waals surface area (Å²) >= 11 is 7.36. The van der Waals surface area contributed by atoms with E-state index in [0.29, 0.717) is 48.6 Å². The highest BCUT2D eigenvalue weighted by Gasteiger charge is 2.52. The second kappa shape index (κ2) is 15.4. The molecule has 10 atom stereocenters. The Labute approximate surface area is 282 Å². The minimum Gasteiger partial charge on any atom is -0.394 e. The molecule has 0 aromatic carbocycles. The fourth-order valence-electron chi connectivity index (χ4n) is 5.59. The second-order valence-electron chi connectivity index (χ2n) is 10.7. The molecule has 6 rings (SSSR count). The second-order valence-corrected chi connectivity index (χ2v) is 14.0. The van der Waals surface area contributed by atoms with Gasteiger partial charge in [-0.05, 0) is 22.0 Å². The molecule has 0 spiro atoms. The number of nitrogens with one attached hydrogen (secondary N) is 2. The average Bonchev–Trinajstić information content (AvgIpc) is 3.83. The van der Waals surface area contributed by atoms with E-state index in [1.165, 1.54) is 34.4 Å². The van der Waals surface area contributed by atoms with Crippen LogP contribution in [0.15, 0.2) is 25.3 Å². The van der Waals surface area contributed by atoms with E-state index in [1.54, 1.807) is 0 Å². The van der Waals surface area contributed by atoms with Crippen molar-refractivity contribution in [2.45, 2.75) is 62.1 Å². The van der Waals surface area contributed by atoms with Gasteiger partial charge in [0.1, 0.15) is 49.4 Å². The number of aliphatic hydroxyl groups excluding tert-OH is 2. The maximum absolute atomic E-state index is 15.2. The standard InChI is InChI=1S/C24H28F2N10O8P2S2/c25-13-17(43-45(39)47)11(5-37)41-23(13)35-9-33-15-19(29-7-31-21(15)35)27-3-1-2-4-28-20-16-22(32-8-30-20)36(10-34-16)24-14(26)18(44-46(40)48)12(6-38)42-24/h7-14,17-18,23-24,37-38H,1-6H2,(H2-2,27,28,29,30,31,32,39,40,47,48)/p+2/t11-,12?,13-,14-,17-,18-,23-,24?/m1/s1. The van der Waals surface area contributed by atoms with Crippen LogP contribution in [0.3, 0.4) is 0 Å². The third-order valence-electron chi connectivity index (χ3n) is 7.77. The van der Waals surface area contributed by atoms with Crippen LogP contribution in [0.5, 0.6) is 0 Å². The van der Waals surface area contributed by atoms with E-state index in [4.69, 9.17) is 18.5 Å². The number of alkyl halides is 2. The Morgan fingerprint density at radius 2 is 1.17 bits per heavy atom. The van der Waals surface area contributed by atoms with E-state index in [1.807, 2.05) is 0 Å². The Morgan fingerprint density at radius 1 is 0.750 bits per heavy atom. The fourth-order valence-corrected chi connectivity index (χ4v) is 7.16. The number of anilines is 2. The predicted molar refractivity (Wildman–Crippen MR) is 172 cm³/mol. The summed E-state index contributed by atoms with van der Waals surface area (Å²) in [5, 5.41) is 25.6. The normalized spacial score (nSPS) is 28.0. The highest BCUT2D eigenvalue weighted by Crippen LogP contribution is 2.42. The molecule has 4 aromatic rings. The number of rotatable bonds is 15. The van der Waals surface area contributed by atoms with Gasteiger partial charge >= 0.3 is 14.5 Å². The van der Waals surface area contributed by atoms with Crippen LogP contribution in [0.2, 0.25) is 0 Å². The number of halogens is 2. The monoisotopic (exact) mass is 750 g/mol. The highest BCUT2D eigenvalue weighted by molar-refractivity contribution is 8.39. The smallest absolute Gasteiger partial charge is 0.394 e. The molecular formula is C24H30F2N10O8P2S2+2. The van der Waals surface area contributed by atoms with Crippen LogP contribution in [0, 0.1) is 0 Å². The van der Waals surface area contributed by atoms with Crippen LogP contribution in [-0.2, 0) is 27.7 Å². The van der Waals surface area contributed by atoms with Crippen LogP contribution in [0.25, 0.3) is 22.3 Å². The zero-order valence-corrected chi connectivity index (χ0v) is 28.2. The molecule has 0 bridgehead atoms. The molecular weight excluding hydrogens is 720 g/mol. The van der Waals surface area contributed by atoms with Gasteiger partial charge in [0.05, 0.1) is 25.9 Å². The van der Waals surface area contributed by atoms with Crippen LogP contribution in [-0.4, -0.2) is 112 Å². The van der Waals surface area contributed by atoms with Crippen LogP contribution in [0.1, 0.15) is 25.3 Å². The molecule has 4 aromatic heterocycles. The van der Waals surface area contributed by atoms with Crippen LogP contribution in [0.4, 0.5) is 20.4 Å². The minimum atomic E-state index is -2.43. The molecule has 48 heavy (non-hydrogen) atoms. The minimum absolute atomic E-state index is 0.288. The molecule has 4 unspecified atom stereocenters. The van der Waals surface area contributed by atoms with E-state index in [-0.39, 0.29) is 11.3 Å². The van der Waals surface area contributed by atoms with E-state index in [9.17, 15) is 19.3 Å². The third kappa shape index (κ3) is 7.09. The number of unbranched alkanes of at least 4 members (excludes halogenated alkanes) is 1. The lowest BCUT2D eigenvalue weighted by Crippen LogP contribution is -2.31. The fraction of sp³-hybridized carbons (Fsp3) is 0.583. The molecule has 24 heteroatoms. The summed E-state index contributed by atoms with van der Waals surface area (Å²) in [4.78, 5) is 25.6. The predicted octanol–water partition coefficient (Wildman–Crippen LogP) is 2.67. The lowest BCUT2D eigenvalue weighted by molar-refractivity contribution is -0.0427. The number of nitrogens with zero attached hydrogens (tertiary/aromatic N) is 8. The van der Waals surface area contributed by atoms with Crippen molar-refractivity contribution in [2.75, 3.05) is 36.9 Å². The first-order valence-electron chi connectivity index (χ1n) is 14.5. The van der Waals surface area contributed by atoms with Crippen molar-refractivity contribution in [3.63, 3.8) is 0 Å². The molecule has 2 aliphatic heterocycles. The van der Waals surface area contributed by atoms with Crippen molar-refractivity contribution in [2.24, 2.45) is 0 Å². The Kier molecular flexibility index (Phi) is 11.3. The van der Waals surface area contributed by atoms with E-state index in [2.05, 4.69) is 65.0 Å². The molecule has 4 N–H and O–H groups in total. The number of aromatic nitrogens is 8. The third-order valence-corrected chi connectivity index (χ3v) is 9.19. The summed E-state index contributed by atoms with van der Waals surface area (Å²) in [6.07, 6.45) is -4.02. The van der Waals surface area contributed by atoms with Crippen LogP contribution >= 0.6 is 39.0 Å². The van der Waals surface area contributed by atoms with Gasteiger partial charge in [0.15, 0.2) is 71.0 Å². The maximum atomic E-state index is 15.2. The topological polar surface area (TPSA) is 223 Å². The number of hydrogen-bond donors (Lipinski definition) is 6. The lowest BCUT2D eigenvalue weighted by Gasteiger charge is -2.15. The number of fused-ring (bicyclic) bond motifs is 2. The zero-order valence-electron chi connectivity index (χ0n) is 24.6. The summed E-state index contributed by atoms with van der Waals surface area (Å²) in [6, 6.07) is 0. The van der Waals surface area contributed by atoms with Crippen molar-refractivity contribution in [1.82, 2.24) is 39.0 Å². The van der Waals surface area contributed by atoms with Crippen molar-refractivity contribution < 1.29 is 46.6 Å². The maximum Gasteiger partial charge on any atom is 0.582 e. The first-order chi connectivity index (χ1) is 23.2. The van der Waals surface area contributed by atoms with Crippen molar-refractivity contribution >= 4 is 72.9 Å². The molecule has 0 aliphatic carbocycles. The molecule has 0 saturated carbocycles. The van der Waals surface area contributed by atoms with Gasteiger partial charge in [-0.3, -0.25) is 9.13 Å². The molecule has 6 heterocycles. The molecule has 2 fully saturated rings. The highest BCUT2D eigenvalue weighted by atomic mass is 32.7. The average molecular weight is 751 g/mol. The SMILES string of the molecule is O=[P+](S)O[C@H]1[C@@H](F)[C@H](n2cnc3c(NCCCCNc4ncnc5c4ncn5C4OC(CO)[C@@H](O[P+](=O)S)[C@H]4F)ncnc32)O[C@@H]1CO. The summed E-state index contributed by atoms with van der Waals surface area (Å²) in [6.45, 7) is -0.0953. The van der Waals surface area contributed by atoms with Gasteiger partial charge in [-0.15, -0.1) is 9.05 Å². The largest absolute Gasteiger partial charge is 0.582 e. The summed E-state index contributed by atoms with van der Waals surface area (Å²) < 4.78 is 77.5. The summed E-state index contributed by atoms with van der Waals surface area (Å²) in [5.74, 6) is 0.844. The first kappa shape index (κ1) is 35.1. The Hall–Kier alpha value is -2.78. The van der Waals surface area contributed by atoms with Crippen molar-refractivity contribution in [3.8, 4) is 0 Å². The molecule has 2 saturated heterocycles. The summed E-state index contributed by atoms with van der Waals surface area (Å²) in [5.41, 5.74) is 1.33. The van der Waals surface area contributed by atoms with Gasteiger partial charge in [-0.1, -0.05) is 0 Å². The van der Waals surface area contributed by atoms with Gasteiger partial charge in [-0.2, -0.15) is 0 Å². The molecule has 0 amide bonds. The van der Waals surface area contributed by atoms with E-state index >= 15 is 8.78 Å². The number of aliphatic hydroxyl groups is 2. The number of ether oxygens (including phenoxy) is 2. The van der Waals surface area contributed by atoms with E-state index in [0.717, 1.165) is 0 Å². The molecule has 2 aliphatic rings. The van der Waals surface area contributed by atoms with Gasteiger partial charge < -0.3 is 30.3 Å². The summed E-state index contributed by atoms with van der Waals surface area (Å²) in [7, 11) is -4.85. The van der Waals surface area contributed by atoms with Gasteiger partial charge in [0.25, 0.3) is 0 Å². The van der Waals surface area contributed by atoms with Gasteiger partial charge in [0.2, 0.25) is 0 Å². The lowest BCUT2D eigenvalue weighted by atomic mass is 10.1. The first-order valence-corrected chi connectivity index (χ1v) is 19.2. The quantitative estimate of drug-likeness (QED) is 0.0584. The van der Waals surface area contributed by atoms with Crippen molar-refractivity contribution in [3.05, 3.63) is 25.3 Å². The Balaban J connectivity index is 1.04. The zero-order chi connectivity index (χ0) is 33.9. The number of imidazole rings is 2. The molecule has 18 nitrogen and oxygen atoms in total. The molecule has 258 valence electrons. The molecule has 0 radical (unpaired) electrons. The Morgan fingerprint density at radius 3 is 1.54 bits per heavy atom. The van der Waals surface area contributed by atoms with Crippen molar-refractivity contribution in [1.29, 1.82) is 0 Å². The van der Waals surface area contributed by atoms with Crippen LogP contribution < -0.4 is 10.6 Å². The number of hydrogen-bond acceptors (Lipinski definition) is 16. The van der Waals surface area contributed by atoms with Gasteiger partial charge in [-0.25, -0.2) is 38.7 Å². The Bertz CT molecular complexity index is 1650. The van der Waals surface area contributed by atoms with Gasteiger partial charge in [0, 0.05) is 13.1 Å². The number of thiol groups is 2. The van der Waals surface area contributed by atoms with E-state index < -0.39 is 76.9 Å².